The Morgan fingerprint density at radius 1 is 1.38 bits per heavy atom. The number of hydrogen-bond acceptors (Lipinski definition) is 2. The minimum atomic E-state index is -0.353. The third-order valence-corrected chi connectivity index (χ3v) is 4.52. The van der Waals surface area contributed by atoms with Crippen LogP contribution in [0.1, 0.15) is 11.1 Å². The summed E-state index contributed by atoms with van der Waals surface area (Å²) in [6.45, 7) is 0. The van der Waals surface area contributed by atoms with Crippen LogP contribution >= 0.6 is 34.2 Å². The molecule has 4 nitrogen and oxygen atoms in total. The van der Waals surface area contributed by atoms with Crippen molar-refractivity contribution in [2.24, 2.45) is 7.05 Å². The first-order chi connectivity index (χ1) is 9.97. The number of nitrogens with zero attached hydrogens (tertiary/aromatic N) is 3. The Morgan fingerprint density at radius 3 is 2.90 bits per heavy atom. The van der Waals surface area contributed by atoms with Crippen LogP contribution in [0, 0.1) is 9.52 Å². The van der Waals surface area contributed by atoms with Gasteiger partial charge in [0.15, 0.2) is 0 Å². The zero-order chi connectivity index (χ0) is 15.1. The van der Waals surface area contributed by atoms with Gasteiger partial charge in [0.2, 0.25) is 0 Å². The molecule has 0 amide bonds. The molecule has 0 radical (unpaired) electrons. The molecular formula is C14H10ClFIN3O. The highest BCUT2D eigenvalue weighted by atomic mass is 127. The molecule has 0 bridgehead atoms. The van der Waals surface area contributed by atoms with Crippen LogP contribution in [0.25, 0.3) is 5.52 Å². The van der Waals surface area contributed by atoms with Crippen LogP contribution in [0.4, 0.5) is 4.39 Å². The molecule has 0 saturated heterocycles. The van der Waals surface area contributed by atoms with E-state index in [0.717, 1.165) is 5.56 Å². The molecule has 0 unspecified atom stereocenters. The number of hydrogen-bond donors (Lipinski definition) is 0. The SMILES string of the molecule is Cn1ccn2nc(I)c(Cc3cc(F)ccc3Cl)c2c1=O. The summed E-state index contributed by atoms with van der Waals surface area (Å²) in [5.41, 5.74) is 1.74. The lowest BCUT2D eigenvalue weighted by atomic mass is 10.1. The largest absolute Gasteiger partial charge is 0.315 e. The van der Waals surface area contributed by atoms with E-state index in [4.69, 9.17) is 11.6 Å². The minimum Gasteiger partial charge on any atom is -0.315 e. The van der Waals surface area contributed by atoms with E-state index in [2.05, 4.69) is 27.7 Å². The fraction of sp³-hybridized carbons (Fsp3) is 0.143. The van der Waals surface area contributed by atoms with Crippen LogP contribution in [-0.2, 0) is 13.5 Å². The van der Waals surface area contributed by atoms with Crippen LogP contribution in [0.5, 0.6) is 0 Å². The maximum absolute atomic E-state index is 13.4. The van der Waals surface area contributed by atoms with Crippen molar-refractivity contribution in [2.75, 3.05) is 0 Å². The van der Waals surface area contributed by atoms with Crippen molar-refractivity contribution in [3.63, 3.8) is 0 Å². The van der Waals surface area contributed by atoms with E-state index < -0.39 is 0 Å². The third-order valence-electron chi connectivity index (χ3n) is 3.29. The topological polar surface area (TPSA) is 39.3 Å². The van der Waals surface area contributed by atoms with E-state index in [1.165, 1.54) is 22.8 Å². The molecule has 1 aromatic carbocycles. The maximum atomic E-state index is 13.4. The molecule has 108 valence electrons. The Labute approximate surface area is 138 Å². The lowest BCUT2D eigenvalue weighted by molar-refractivity contribution is 0.626. The molecular weight excluding hydrogens is 408 g/mol. The van der Waals surface area contributed by atoms with Gasteiger partial charge in [-0.3, -0.25) is 4.79 Å². The van der Waals surface area contributed by atoms with Gasteiger partial charge in [-0.2, -0.15) is 5.10 Å². The minimum absolute atomic E-state index is 0.143. The van der Waals surface area contributed by atoms with E-state index in [0.29, 0.717) is 26.2 Å². The molecule has 0 atom stereocenters. The lowest BCUT2D eigenvalue weighted by Gasteiger charge is -2.05. The summed E-state index contributed by atoms with van der Waals surface area (Å²) >= 11 is 8.18. The molecule has 21 heavy (non-hydrogen) atoms. The number of fused-ring (bicyclic) bond motifs is 1. The van der Waals surface area contributed by atoms with E-state index in [1.807, 2.05) is 0 Å². The monoisotopic (exact) mass is 417 g/mol. The molecule has 0 aliphatic rings. The average Bonchev–Trinajstić information content (AvgIpc) is 2.75. The summed E-state index contributed by atoms with van der Waals surface area (Å²) < 4.78 is 17.1. The zero-order valence-electron chi connectivity index (χ0n) is 11.0. The van der Waals surface area contributed by atoms with Crippen molar-refractivity contribution in [3.05, 3.63) is 66.6 Å². The Balaban J connectivity index is 2.21. The van der Waals surface area contributed by atoms with Crippen molar-refractivity contribution in [1.82, 2.24) is 14.2 Å². The standard InChI is InChI=1S/C14H10ClFIN3O/c1-19-4-5-20-12(14(19)21)10(13(17)18-20)7-8-6-9(16)2-3-11(8)15/h2-6H,7H2,1H3. The number of halogens is 3. The average molecular weight is 418 g/mol. The summed E-state index contributed by atoms with van der Waals surface area (Å²) in [6.07, 6.45) is 3.73. The molecule has 0 aliphatic carbocycles. The van der Waals surface area contributed by atoms with Crippen molar-refractivity contribution in [1.29, 1.82) is 0 Å². The van der Waals surface area contributed by atoms with Crippen molar-refractivity contribution >= 4 is 39.7 Å². The first kappa shape index (κ1) is 14.5. The summed E-state index contributed by atoms with van der Waals surface area (Å²) in [4.78, 5) is 12.3. The summed E-state index contributed by atoms with van der Waals surface area (Å²) in [7, 11) is 1.68. The first-order valence-corrected chi connectivity index (χ1v) is 7.59. The van der Waals surface area contributed by atoms with Crippen LogP contribution in [0.2, 0.25) is 5.02 Å². The number of aryl methyl sites for hydroxylation is 1. The van der Waals surface area contributed by atoms with E-state index >= 15 is 0 Å². The number of rotatable bonds is 2. The van der Waals surface area contributed by atoms with Gasteiger partial charge in [-0.05, 0) is 46.4 Å². The molecule has 0 aliphatic heterocycles. The highest BCUT2D eigenvalue weighted by Gasteiger charge is 2.16. The molecule has 2 aromatic heterocycles. The van der Waals surface area contributed by atoms with Gasteiger partial charge in [-0.1, -0.05) is 11.6 Å². The van der Waals surface area contributed by atoms with E-state index in [9.17, 15) is 9.18 Å². The highest BCUT2D eigenvalue weighted by molar-refractivity contribution is 14.1. The second kappa shape index (κ2) is 5.42. The smallest absolute Gasteiger partial charge is 0.276 e. The molecule has 3 rings (SSSR count). The Kier molecular flexibility index (Phi) is 3.75. The predicted molar refractivity (Wildman–Crippen MR) is 87.4 cm³/mol. The molecule has 7 heteroatoms. The van der Waals surface area contributed by atoms with Gasteiger partial charge in [0.25, 0.3) is 5.56 Å². The van der Waals surface area contributed by atoms with Crippen molar-refractivity contribution in [2.45, 2.75) is 6.42 Å². The van der Waals surface area contributed by atoms with Crippen molar-refractivity contribution < 1.29 is 4.39 Å². The van der Waals surface area contributed by atoms with Crippen LogP contribution < -0.4 is 5.56 Å². The van der Waals surface area contributed by atoms with Gasteiger partial charge in [-0.15, -0.1) is 0 Å². The van der Waals surface area contributed by atoms with Crippen molar-refractivity contribution in [3.8, 4) is 0 Å². The fourth-order valence-electron chi connectivity index (χ4n) is 2.20. The van der Waals surface area contributed by atoms with Crippen LogP contribution in [0.15, 0.2) is 35.4 Å². The second-order valence-electron chi connectivity index (χ2n) is 4.69. The predicted octanol–water partition coefficient (Wildman–Crippen LogP) is 3.02. The number of aromatic nitrogens is 3. The first-order valence-electron chi connectivity index (χ1n) is 6.13. The lowest BCUT2D eigenvalue weighted by Crippen LogP contribution is -2.19. The summed E-state index contributed by atoms with van der Waals surface area (Å²) in [5.74, 6) is -0.353. The molecule has 0 N–H and O–H groups in total. The maximum Gasteiger partial charge on any atom is 0.276 e. The van der Waals surface area contributed by atoms with E-state index in [-0.39, 0.29) is 11.4 Å². The molecule has 0 saturated carbocycles. The van der Waals surface area contributed by atoms with Crippen LogP contribution in [-0.4, -0.2) is 14.2 Å². The van der Waals surface area contributed by atoms with Gasteiger partial charge < -0.3 is 4.57 Å². The normalized spacial score (nSPS) is 11.2. The van der Waals surface area contributed by atoms with Gasteiger partial charge in [0.05, 0.1) is 0 Å². The highest BCUT2D eigenvalue weighted by Crippen LogP contribution is 2.24. The fourth-order valence-corrected chi connectivity index (χ4v) is 3.06. The second-order valence-corrected chi connectivity index (χ2v) is 6.12. The molecule has 0 spiro atoms. The molecule has 3 aromatic rings. The summed E-state index contributed by atoms with van der Waals surface area (Å²) in [6, 6.07) is 4.21. The third kappa shape index (κ3) is 2.57. The van der Waals surface area contributed by atoms with E-state index in [1.54, 1.807) is 24.0 Å². The molecule has 0 fully saturated rings. The van der Waals surface area contributed by atoms with Gasteiger partial charge in [0, 0.05) is 36.4 Å². The quantitative estimate of drug-likeness (QED) is 0.601. The van der Waals surface area contributed by atoms with Gasteiger partial charge in [-0.25, -0.2) is 8.91 Å². The Morgan fingerprint density at radius 2 is 2.14 bits per heavy atom. The number of benzene rings is 1. The Bertz CT molecular complexity index is 903. The zero-order valence-corrected chi connectivity index (χ0v) is 13.9. The van der Waals surface area contributed by atoms with Gasteiger partial charge >= 0.3 is 0 Å². The van der Waals surface area contributed by atoms with Crippen LogP contribution in [0.3, 0.4) is 0 Å². The Hall–Kier alpha value is -1.41. The summed E-state index contributed by atoms with van der Waals surface area (Å²) in [5, 5.41) is 4.79. The molecule has 2 heterocycles. The van der Waals surface area contributed by atoms with Gasteiger partial charge in [0.1, 0.15) is 15.0 Å².